The van der Waals surface area contributed by atoms with Crippen LogP contribution in [0, 0.1) is 0 Å². The maximum absolute atomic E-state index is 12.4. The van der Waals surface area contributed by atoms with Crippen molar-refractivity contribution in [3.05, 3.63) is 29.5 Å². The van der Waals surface area contributed by atoms with E-state index in [1.807, 2.05) is 32.9 Å². The molecule has 1 amide bonds. The molecule has 1 aliphatic rings. The quantitative estimate of drug-likeness (QED) is 0.819. The van der Waals surface area contributed by atoms with E-state index in [2.05, 4.69) is 17.6 Å². The Morgan fingerprint density at radius 3 is 2.74 bits per heavy atom. The number of aromatic nitrogens is 1. The molecular weight excluding hydrogens is 290 g/mol. The summed E-state index contributed by atoms with van der Waals surface area (Å²) in [6, 6.07) is 6.01. The zero-order chi connectivity index (χ0) is 16.8. The van der Waals surface area contributed by atoms with Crippen LogP contribution in [-0.4, -0.2) is 27.7 Å². The molecule has 23 heavy (non-hydrogen) atoms. The molecule has 2 heterocycles. The molecule has 0 saturated heterocycles. The second-order valence-electron chi connectivity index (χ2n) is 7.10. The van der Waals surface area contributed by atoms with E-state index >= 15 is 0 Å². The van der Waals surface area contributed by atoms with Crippen LogP contribution in [0.4, 0.5) is 10.5 Å². The van der Waals surface area contributed by atoms with Gasteiger partial charge < -0.3 is 19.9 Å². The van der Waals surface area contributed by atoms with E-state index in [1.54, 1.807) is 4.90 Å². The molecule has 0 unspecified atom stereocenters. The zero-order valence-electron chi connectivity index (χ0n) is 14.3. The summed E-state index contributed by atoms with van der Waals surface area (Å²) in [4.78, 5) is 14.2. The molecule has 1 aliphatic heterocycles. The summed E-state index contributed by atoms with van der Waals surface area (Å²) in [7, 11) is 0. The van der Waals surface area contributed by atoms with Crippen LogP contribution in [0.5, 0.6) is 0 Å². The largest absolute Gasteiger partial charge is 0.444 e. The number of nitrogens with zero attached hydrogens (tertiary/aromatic N) is 2. The van der Waals surface area contributed by atoms with Crippen LogP contribution in [0.15, 0.2) is 18.2 Å². The first-order valence-electron chi connectivity index (χ1n) is 8.17. The molecule has 0 saturated carbocycles. The van der Waals surface area contributed by atoms with E-state index in [-0.39, 0.29) is 6.09 Å². The minimum atomic E-state index is -0.469. The molecule has 2 aromatic rings. The number of amides is 1. The molecular formula is C18H25N3O2. The third-order valence-electron chi connectivity index (χ3n) is 4.25. The number of carbonyl (C=O) groups is 1. The lowest BCUT2D eigenvalue weighted by atomic mass is 10.0. The van der Waals surface area contributed by atoms with Crippen molar-refractivity contribution >= 4 is 22.7 Å². The van der Waals surface area contributed by atoms with Crippen LogP contribution in [-0.2, 0) is 24.2 Å². The zero-order valence-corrected chi connectivity index (χ0v) is 14.3. The summed E-state index contributed by atoms with van der Waals surface area (Å²) in [6.07, 6.45) is 0.604. The van der Waals surface area contributed by atoms with Crippen molar-refractivity contribution < 1.29 is 9.53 Å². The average Bonchev–Trinajstić information content (AvgIpc) is 2.77. The van der Waals surface area contributed by atoms with Gasteiger partial charge in [0.2, 0.25) is 0 Å². The Labute approximate surface area is 137 Å². The van der Waals surface area contributed by atoms with Crippen molar-refractivity contribution in [2.45, 2.75) is 52.8 Å². The van der Waals surface area contributed by atoms with Crippen LogP contribution in [0.2, 0.25) is 0 Å². The summed E-state index contributed by atoms with van der Waals surface area (Å²) in [5.74, 6) is 0. The van der Waals surface area contributed by atoms with Gasteiger partial charge in [0.15, 0.2) is 0 Å². The van der Waals surface area contributed by atoms with Crippen LogP contribution in [0.1, 0.15) is 39.0 Å². The Morgan fingerprint density at radius 1 is 1.35 bits per heavy atom. The van der Waals surface area contributed by atoms with Crippen molar-refractivity contribution in [1.29, 1.82) is 0 Å². The Balaban J connectivity index is 1.97. The van der Waals surface area contributed by atoms with Gasteiger partial charge in [0.1, 0.15) is 5.60 Å². The number of fused-ring (bicyclic) bond motifs is 3. The molecule has 0 radical (unpaired) electrons. The Hall–Kier alpha value is -2.17. The van der Waals surface area contributed by atoms with Gasteiger partial charge >= 0.3 is 6.09 Å². The average molecular weight is 315 g/mol. The summed E-state index contributed by atoms with van der Waals surface area (Å²) >= 11 is 0. The molecule has 0 spiro atoms. The van der Waals surface area contributed by atoms with Crippen molar-refractivity contribution in [1.82, 2.24) is 9.47 Å². The summed E-state index contributed by atoms with van der Waals surface area (Å²) in [5.41, 5.74) is 9.94. The van der Waals surface area contributed by atoms with Crippen molar-refractivity contribution in [3.8, 4) is 0 Å². The molecule has 2 N–H and O–H groups in total. The highest BCUT2D eigenvalue weighted by Crippen LogP contribution is 2.32. The van der Waals surface area contributed by atoms with Crippen LogP contribution < -0.4 is 5.73 Å². The first-order chi connectivity index (χ1) is 10.8. The highest BCUT2D eigenvalue weighted by atomic mass is 16.6. The van der Waals surface area contributed by atoms with E-state index in [0.29, 0.717) is 13.1 Å². The van der Waals surface area contributed by atoms with E-state index in [9.17, 15) is 4.79 Å². The lowest BCUT2D eigenvalue weighted by molar-refractivity contribution is 0.0223. The fraction of sp³-hybridized carbons (Fsp3) is 0.500. The minimum Gasteiger partial charge on any atom is -0.444 e. The van der Waals surface area contributed by atoms with Crippen molar-refractivity contribution in [3.63, 3.8) is 0 Å². The number of nitrogen functional groups attached to an aromatic ring is 1. The van der Waals surface area contributed by atoms with Gasteiger partial charge in [-0.25, -0.2) is 4.79 Å². The second kappa shape index (κ2) is 5.48. The molecule has 5 nitrogen and oxygen atoms in total. The minimum absolute atomic E-state index is 0.240. The van der Waals surface area contributed by atoms with Crippen LogP contribution in [0.3, 0.4) is 0 Å². The van der Waals surface area contributed by atoms with Crippen LogP contribution >= 0.6 is 0 Å². The monoisotopic (exact) mass is 315 g/mol. The molecule has 0 bridgehead atoms. The number of hydrogen-bond donors (Lipinski definition) is 1. The summed E-state index contributed by atoms with van der Waals surface area (Å²) < 4.78 is 7.83. The van der Waals surface area contributed by atoms with E-state index in [4.69, 9.17) is 10.5 Å². The Morgan fingerprint density at radius 2 is 2.09 bits per heavy atom. The smallest absolute Gasteiger partial charge is 0.410 e. The molecule has 0 atom stereocenters. The maximum atomic E-state index is 12.4. The number of nitrogens with two attached hydrogens (primary N) is 1. The summed E-state index contributed by atoms with van der Waals surface area (Å²) in [6.45, 7) is 10.0. The maximum Gasteiger partial charge on any atom is 0.410 e. The molecule has 5 heteroatoms. The lowest BCUT2D eigenvalue weighted by Gasteiger charge is -2.30. The first kappa shape index (κ1) is 15.7. The Kier molecular flexibility index (Phi) is 3.74. The van der Waals surface area contributed by atoms with Gasteiger partial charge in [0.25, 0.3) is 0 Å². The molecule has 1 aromatic carbocycles. The predicted molar refractivity (Wildman–Crippen MR) is 92.4 cm³/mol. The standard InChI is InChI=1S/C18H25N3O2/c1-5-21-15-8-9-20(17(22)23-18(2,3)4)11-14(15)13-7-6-12(19)10-16(13)21/h6-7,10H,5,8-9,11,19H2,1-4H3. The van der Waals surface area contributed by atoms with Crippen molar-refractivity contribution in [2.24, 2.45) is 0 Å². The number of hydrogen-bond acceptors (Lipinski definition) is 3. The SMILES string of the molecule is CCn1c2c(c3ccc(N)cc31)CN(C(=O)OC(C)(C)C)CC2. The van der Waals surface area contributed by atoms with Gasteiger partial charge in [-0.1, -0.05) is 6.07 Å². The van der Waals surface area contributed by atoms with Gasteiger partial charge in [-0.2, -0.15) is 0 Å². The molecule has 0 aliphatic carbocycles. The van der Waals surface area contributed by atoms with Crippen molar-refractivity contribution in [2.75, 3.05) is 12.3 Å². The predicted octanol–water partition coefficient (Wildman–Crippen LogP) is 3.54. The summed E-state index contributed by atoms with van der Waals surface area (Å²) in [5, 5.41) is 1.18. The number of benzene rings is 1. The third kappa shape index (κ3) is 2.87. The topological polar surface area (TPSA) is 60.5 Å². The van der Waals surface area contributed by atoms with Gasteiger partial charge in [-0.05, 0) is 39.8 Å². The first-order valence-corrected chi connectivity index (χ1v) is 8.17. The molecule has 0 fully saturated rings. The van der Waals surface area contributed by atoms with Gasteiger partial charge in [-0.15, -0.1) is 0 Å². The fourth-order valence-electron chi connectivity index (χ4n) is 3.31. The molecule has 3 rings (SSSR count). The van der Waals surface area contributed by atoms with Crippen LogP contribution in [0.25, 0.3) is 10.9 Å². The number of carbonyl (C=O) groups excluding carboxylic acids is 1. The molecule has 1 aromatic heterocycles. The van der Waals surface area contributed by atoms with Gasteiger partial charge in [0, 0.05) is 41.8 Å². The third-order valence-corrected chi connectivity index (χ3v) is 4.25. The number of anilines is 1. The number of ether oxygens (including phenoxy) is 1. The fourth-order valence-corrected chi connectivity index (χ4v) is 3.31. The Bertz CT molecular complexity index is 756. The normalized spacial score (nSPS) is 14.9. The van der Waals surface area contributed by atoms with E-state index in [1.165, 1.54) is 16.6 Å². The van der Waals surface area contributed by atoms with E-state index < -0.39 is 5.60 Å². The second-order valence-corrected chi connectivity index (χ2v) is 7.10. The molecule has 124 valence electrons. The number of rotatable bonds is 1. The van der Waals surface area contributed by atoms with Gasteiger partial charge in [0.05, 0.1) is 12.1 Å². The van der Waals surface area contributed by atoms with E-state index in [0.717, 1.165) is 24.2 Å². The number of aryl methyl sites for hydroxylation is 1. The van der Waals surface area contributed by atoms with Gasteiger partial charge in [-0.3, -0.25) is 0 Å². The highest BCUT2D eigenvalue weighted by Gasteiger charge is 2.29. The lowest BCUT2D eigenvalue weighted by Crippen LogP contribution is -2.40. The highest BCUT2D eigenvalue weighted by molar-refractivity contribution is 5.88.